The predicted octanol–water partition coefficient (Wildman–Crippen LogP) is 0.235. The predicted molar refractivity (Wildman–Crippen MR) is 37.7 cm³/mol. The van der Waals surface area contributed by atoms with Crippen LogP contribution in [0.25, 0.3) is 0 Å². The number of carboxylic acid groups (broad SMARTS) is 1. The van der Waals surface area contributed by atoms with E-state index in [9.17, 15) is 4.79 Å². The maximum Gasteiger partial charge on any atom is 0.320 e. The Morgan fingerprint density at radius 2 is 2.50 bits per heavy atom. The lowest BCUT2D eigenvalue weighted by atomic mass is 10.1. The van der Waals surface area contributed by atoms with Crippen LogP contribution in [0.1, 0.15) is 6.42 Å². The summed E-state index contributed by atoms with van der Waals surface area (Å²) >= 11 is 0. The summed E-state index contributed by atoms with van der Waals surface area (Å²) in [7, 11) is 0. The van der Waals surface area contributed by atoms with E-state index in [1.807, 2.05) is 0 Å². The molecule has 2 N–H and O–H groups in total. The molecule has 0 amide bonds. The second-order valence-electron chi connectivity index (χ2n) is 2.53. The first-order valence-corrected chi connectivity index (χ1v) is 3.32. The standard InChI is InChI=1S/C7H11NO2/c1-2-5-3-6(7(9)10)8-4-5/h2,5-6,8H,1,3-4H2,(H,9,10)/t5-,6-/m0/s1. The van der Waals surface area contributed by atoms with Gasteiger partial charge in [0.25, 0.3) is 0 Å². The van der Waals surface area contributed by atoms with E-state index in [-0.39, 0.29) is 6.04 Å². The molecule has 1 fully saturated rings. The molecule has 0 unspecified atom stereocenters. The van der Waals surface area contributed by atoms with E-state index in [4.69, 9.17) is 5.11 Å². The normalized spacial score (nSPS) is 32.0. The quantitative estimate of drug-likeness (QED) is 0.541. The molecule has 3 nitrogen and oxygen atoms in total. The van der Waals surface area contributed by atoms with Crippen molar-refractivity contribution >= 4 is 5.97 Å². The van der Waals surface area contributed by atoms with Crippen molar-refractivity contribution in [3.05, 3.63) is 12.7 Å². The molecule has 0 spiro atoms. The van der Waals surface area contributed by atoms with E-state index in [2.05, 4.69) is 11.9 Å². The molecule has 1 saturated heterocycles. The highest BCUT2D eigenvalue weighted by Crippen LogP contribution is 2.14. The maximum absolute atomic E-state index is 10.4. The van der Waals surface area contributed by atoms with Gasteiger partial charge in [0.15, 0.2) is 0 Å². The first-order chi connectivity index (χ1) is 4.74. The first kappa shape index (κ1) is 7.28. The van der Waals surface area contributed by atoms with Gasteiger partial charge >= 0.3 is 5.97 Å². The van der Waals surface area contributed by atoms with Gasteiger partial charge in [0.05, 0.1) is 0 Å². The van der Waals surface area contributed by atoms with Crippen molar-refractivity contribution in [2.45, 2.75) is 12.5 Å². The van der Waals surface area contributed by atoms with Gasteiger partial charge in [-0.05, 0) is 12.3 Å². The van der Waals surface area contributed by atoms with Crippen molar-refractivity contribution in [3.8, 4) is 0 Å². The zero-order valence-corrected chi connectivity index (χ0v) is 5.71. The fourth-order valence-corrected chi connectivity index (χ4v) is 1.13. The summed E-state index contributed by atoms with van der Waals surface area (Å²) in [5.41, 5.74) is 0. The summed E-state index contributed by atoms with van der Waals surface area (Å²) in [4.78, 5) is 10.4. The molecule has 3 heteroatoms. The second-order valence-corrected chi connectivity index (χ2v) is 2.53. The lowest BCUT2D eigenvalue weighted by molar-refractivity contribution is -0.139. The van der Waals surface area contributed by atoms with E-state index in [0.29, 0.717) is 12.3 Å². The number of hydrogen-bond acceptors (Lipinski definition) is 2. The van der Waals surface area contributed by atoms with Gasteiger partial charge < -0.3 is 10.4 Å². The molecule has 10 heavy (non-hydrogen) atoms. The van der Waals surface area contributed by atoms with Crippen LogP contribution < -0.4 is 5.32 Å². The van der Waals surface area contributed by atoms with Crippen molar-refractivity contribution < 1.29 is 9.90 Å². The molecule has 1 heterocycles. The number of carbonyl (C=O) groups is 1. The lowest BCUT2D eigenvalue weighted by Crippen LogP contribution is -2.29. The average Bonchev–Trinajstić information content (AvgIpc) is 2.34. The van der Waals surface area contributed by atoms with Crippen LogP contribution >= 0.6 is 0 Å². The van der Waals surface area contributed by atoms with Crippen LogP contribution in [-0.4, -0.2) is 23.7 Å². The van der Waals surface area contributed by atoms with Crippen molar-refractivity contribution in [1.82, 2.24) is 5.32 Å². The highest BCUT2D eigenvalue weighted by atomic mass is 16.4. The molecule has 0 aromatic rings. The Bertz CT molecular complexity index is 156. The number of carboxylic acids is 1. The monoisotopic (exact) mass is 141 g/mol. The third-order valence-electron chi connectivity index (χ3n) is 1.80. The molecular formula is C7H11NO2. The zero-order chi connectivity index (χ0) is 7.56. The second kappa shape index (κ2) is 2.84. The highest BCUT2D eigenvalue weighted by molar-refractivity contribution is 5.73. The van der Waals surface area contributed by atoms with E-state index in [0.717, 1.165) is 6.54 Å². The van der Waals surface area contributed by atoms with Crippen LogP contribution in [0.5, 0.6) is 0 Å². The number of rotatable bonds is 2. The summed E-state index contributed by atoms with van der Waals surface area (Å²) in [6, 6.07) is -0.358. The molecule has 2 atom stereocenters. The highest BCUT2D eigenvalue weighted by Gasteiger charge is 2.26. The molecule has 1 aliphatic rings. The number of nitrogens with one attached hydrogen (secondary N) is 1. The van der Waals surface area contributed by atoms with Crippen LogP contribution in [0, 0.1) is 5.92 Å². The van der Waals surface area contributed by atoms with Crippen molar-refractivity contribution in [2.75, 3.05) is 6.54 Å². The minimum absolute atomic E-state index is 0.334. The van der Waals surface area contributed by atoms with Crippen LogP contribution in [0.3, 0.4) is 0 Å². The smallest absolute Gasteiger partial charge is 0.320 e. The molecule has 0 bridgehead atoms. The minimum Gasteiger partial charge on any atom is -0.480 e. The van der Waals surface area contributed by atoms with E-state index in [1.165, 1.54) is 0 Å². The fourth-order valence-electron chi connectivity index (χ4n) is 1.13. The fraction of sp³-hybridized carbons (Fsp3) is 0.571. The molecule has 0 aromatic heterocycles. The molecular weight excluding hydrogens is 130 g/mol. The van der Waals surface area contributed by atoms with Gasteiger partial charge in [0.2, 0.25) is 0 Å². The molecule has 1 rings (SSSR count). The Labute approximate surface area is 59.7 Å². The Morgan fingerprint density at radius 3 is 2.80 bits per heavy atom. The van der Waals surface area contributed by atoms with E-state index < -0.39 is 5.97 Å². The van der Waals surface area contributed by atoms with Gasteiger partial charge in [0.1, 0.15) is 6.04 Å². The van der Waals surface area contributed by atoms with Gasteiger partial charge in [-0.15, -0.1) is 6.58 Å². The van der Waals surface area contributed by atoms with E-state index in [1.54, 1.807) is 6.08 Å². The van der Waals surface area contributed by atoms with Crippen LogP contribution in [0.15, 0.2) is 12.7 Å². The van der Waals surface area contributed by atoms with Crippen LogP contribution in [0.4, 0.5) is 0 Å². The van der Waals surface area contributed by atoms with Gasteiger partial charge in [-0.3, -0.25) is 4.79 Å². The third-order valence-corrected chi connectivity index (χ3v) is 1.80. The molecule has 0 aliphatic carbocycles. The zero-order valence-electron chi connectivity index (χ0n) is 5.71. The van der Waals surface area contributed by atoms with E-state index >= 15 is 0 Å². The van der Waals surface area contributed by atoms with Crippen molar-refractivity contribution in [1.29, 1.82) is 0 Å². The summed E-state index contributed by atoms with van der Waals surface area (Å²) in [6.45, 7) is 4.35. The molecule has 56 valence electrons. The Kier molecular flexibility index (Phi) is 2.06. The SMILES string of the molecule is C=C[C@@H]1CN[C@H](C(=O)O)C1. The van der Waals surface area contributed by atoms with Crippen molar-refractivity contribution in [3.63, 3.8) is 0 Å². The topological polar surface area (TPSA) is 49.3 Å². The first-order valence-electron chi connectivity index (χ1n) is 3.32. The summed E-state index contributed by atoms with van der Waals surface area (Å²) in [5, 5.41) is 11.4. The third kappa shape index (κ3) is 1.36. The van der Waals surface area contributed by atoms with Crippen molar-refractivity contribution in [2.24, 2.45) is 5.92 Å². The number of aliphatic carboxylic acids is 1. The minimum atomic E-state index is -0.760. The van der Waals surface area contributed by atoms with Gasteiger partial charge in [0, 0.05) is 6.54 Å². The largest absolute Gasteiger partial charge is 0.480 e. The molecule has 0 aromatic carbocycles. The summed E-state index contributed by atoms with van der Waals surface area (Å²) in [6.07, 6.45) is 2.48. The van der Waals surface area contributed by atoms with Crippen LogP contribution in [-0.2, 0) is 4.79 Å². The summed E-state index contributed by atoms with van der Waals surface area (Å²) in [5.74, 6) is -0.426. The molecule has 0 saturated carbocycles. The maximum atomic E-state index is 10.4. The summed E-state index contributed by atoms with van der Waals surface area (Å²) < 4.78 is 0. The Morgan fingerprint density at radius 1 is 1.80 bits per heavy atom. The molecule has 1 aliphatic heterocycles. The van der Waals surface area contributed by atoms with Gasteiger partial charge in [-0.25, -0.2) is 0 Å². The van der Waals surface area contributed by atoms with Crippen LogP contribution in [0.2, 0.25) is 0 Å². The molecule has 0 radical (unpaired) electrons. The van der Waals surface area contributed by atoms with Gasteiger partial charge in [-0.1, -0.05) is 6.08 Å². The van der Waals surface area contributed by atoms with Gasteiger partial charge in [-0.2, -0.15) is 0 Å². The number of hydrogen-bond donors (Lipinski definition) is 2. The Balaban J connectivity index is 2.42. The average molecular weight is 141 g/mol. The Hall–Kier alpha value is -0.830. The lowest BCUT2D eigenvalue weighted by Gasteiger charge is -2.00.